The highest BCUT2D eigenvalue weighted by molar-refractivity contribution is 5.84. The van der Waals surface area contributed by atoms with Gasteiger partial charge in [0.1, 0.15) is 11.8 Å². The normalized spacial score (nSPS) is 11.5. The van der Waals surface area contributed by atoms with Crippen LogP contribution >= 0.6 is 0 Å². The van der Waals surface area contributed by atoms with Crippen molar-refractivity contribution in [3.05, 3.63) is 54.6 Å². The SMILES string of the molecule is C[C@H](NC(=O)COc1ccccc1-c1ccccc1)C(=O)O. The van der Waals surface area contributed by atoms with E-state index in [-0.39, 0.29) is 6.61 Å². The van der Waals surface area contributed by atoms with Crippen molar-refractivity contribution in [2.75, 3.05) is 6.61 Å². The molecule has 1 amide bonds. The topological polar surface area (TPSA) is 75.6 Å². The number of nitrogens with one attached hydrogen (secondary N) is 1. The van der Waals surface area contributed by atoms with Gasteiger partial charge in [-0.1, -0.05) is 48.5 Å². The predicted octanol–water partition coefficient (Wildman–Crippen LogP) is 2.32. The highest BCUT2D eigenvalue weighted by Gasteiger charge is 2.14. The molecule has 2 aromatic rings. The lowest BCUT2D eigenvalue weighted by Gasteiger charge is -2.13. The molecule has 0 saturated heterocycles. The van der Waals surface area contributed by atoms with E-state index < -0.39 is 17.9 Å². The minimum Gasteiger partial charge on any atom is -0.483 e. The lowest BCUT2D eigenvalue weighted by Crippen LogP contribution is -2.40. The van der Waals surface area contributed by atoms with E-state index in [1.54, 1.807) is 6.07 Å². The molecule has 5 heteroatoms. The van der Waals surface area contributed by atoms with E-state index in [1.807, 2.05) is 48.5 Å². The zero-order chi connectivity index (χ0) is 15.9. The van der Waals surface area contributed by atoms with Gasteiger partial charge in [-0.3, -0.25) is 9.59 Å². The highest BCUT2D eigenvalue weighted by atomic mass is 16.5. The first-order valence-corrected chi connectivity index (χ1v) is 6.87. The standard InChI is InChI=1S/C17H17NO4/c1-12(17(20)21)18-16(19)11-22-15-10-6-5-9-14(15)13-7-3-2-4-8-13/h2-10,12H,11H2,1H3,(H,18,19)(H,20,21)/t12-/m0/s1. The summed E-state index contributed by atoms with van der Waals surface area (Å²) in [6.45, 7) is 1.17. The van der Waals surface area contributed by atoms with Crippen molar-refractivity contribution in [2.45, 2.75) is 13.0 Å². The quantitative estimate of drug-likeness (QED) is 0.858. The molecule has 5 nitrogen and oxygen atoms in total. The summed E-state index contributed by atoms with van der Waals surface area (Å²) in [5.74, 6) is -0.984. The summed E-state index contributed by atoms with van der Waals surface area (Å²) < 4.78 is 5.53. The first-order chi connectivity index (χ1) is 10.6. The Hall–Kier alpha value is -2.82. The summed E-state index contributed by atoms with van der Waals surface area (Å²) in [4.78, 5) is 22.4. The van der Waals surface area contributed by atoms with Gasteiger partial charge in [0, 0.05) is 5.56 Å². The molecule has 0 aliphatic heterocycles. The number of carbonyl (C=O) groups is 2. The predicted molar refractivity (Wildman–Crippen MR) is 82.6 cm³/mol. The van der Waals surface area contributed by atoms with Crippen molar-refractivity contribution in [1.29, 1.82) is 0 Å². The summed E-state index contributed by atoms with van der Waals surface area (Å²) in [5, 5.41) is 11.1. The van der Waals surface area contributed by atoms with Crippen LogP contribution in [-0.2, 0) is 9.59 Å². The van der Waals surface area contributed by atoms with Gasteiger partial charge in [0.25, 0.3) is 5.91 Å². The smallest absolute Gasteiger partial charge is 0.325 e. The average Bonchev–Trinajstić information content (AvgIpc) is 2.54. The number of carbonyl (C=O) groups excluding carboxylic acids is 1. The Morgan fingerprint density at radius 3 is 2.41 bits per heavy atom. The molecule has 0 unspecified atom stereocenters. The maximum Gasteiger partial charge on any atom is 0.325 e. The van der Waals surface area contributed by atoms with Gasteiger partial charge in [0.2, 0.25) is 0 Å². The monoisotopic (exact) mass is 299 g/mol. The van der Waals surface area contributed by atoms with Crippen LogP contribution in [0, 0.1) is 0 Å². The number of hydrogen-bond donors (Lipinski definition) is 2. The fraction of sp³-hybridized carbons (Fsp3) is 0.176. The second-order valence-electron chi connectivity index (χ2n) is 4.78. The number of aliphatic carboxylic acids is 1. The summed E-state index contributed by atoms with van der Waals surface area (Å²) >= 11 is 0. The van der Waals surface area contributed by atoms with Crippen LogP contribution in [0.25, 0.3) is 11.1 Å². The second-order valence-corrected chi connectivity index (χ2v) is 4.78. The Balaban J connectivity index is 2.05. The van der Waals surface area contributed by atoms with E-state index in [0.29, 0.717) is 5.75 Å². The Morgan fingerprint density at radius 1 is 1.09 bits per heavy atom. The first-order valence-electron chi connectivity index (χ1n) is 6.87. The number of benzene rings is 2. The highest BCUT2D eigenvalue weighted by Crippen LogP contribution is 2.29. The lowest BCUT2D eigenvalue weighted by atomic mass is 10.1. The van der Waals surface area contributed by atoms with Gasteiger partial charge in [-0.15, -0.1) is 0 Å². The average molecular weight is 299 g/mol. The molecule has 0 fully saturated rings. The zero-order valence-electron chi connectivity index (χ0n) is 12.2. The van der Waals surface area contributed by atoms with E-state index in [0.717, 1.165) is 11.1 Å². The molecule has 0 aliphatic carbocycles. The van der Waals surface area contributed by atoms with E-state index in [4.69, 9.17) is 9.84 Å². The molecule has 1 atom stereocenters. The van der Waals surface area contributed by atoms with Crippen molar-refractivity contribution >= 4 is 11.9 Å². The van der Waals surface area contributed by atoms with Crippen LogP contribution in [0.4, 0.5) is 0 Å². The number of amides is 1. The number of hydrogen-bond acceptors (Lipinski definition) is 3. The van der Waals surface area contributed by atoms with E-state index >= 15 is 0 Å². The van der Waals surface area contributed by atoms with Gasteiger partial charge >= 0.3 is 5.97 Å². The number of carboxylic acid groups (broad SMARTS) is 1. The molecular formula is C17H17NO4. The van der Waals surface area contributed by atoms with Crippen molar-refractivity contribution in [3.63, 3.8) is 0 Å². The summed E-state index contributed by atoms with van der Waals surface area (Å²) in [5.41, 5.74) is 1.86. The molecule has 0 aromatic heterocycles. The maximum atomic E-state index is 11.7. The minimum atomic E-state index is -1.09. The number of ether oxygens (including phenoxy) is 1. The van der Waals surface area contributed by atoms with Gasteiger partial charge in [-0.2, -0.15) is 0 Å². The molecule has 2 rings (SSSR count). The van der Waals surface area contributed by atoms with Crippen LogP contribution in [-0.4, -0.2) is 29.6 Å². The molecule has 0 aliphatic rings. The van der Waals surface area contributed by atoms with Crippen LogP contribution in [0.1, 0.15) is 6.92 Å². The molecule has 0 heterocycles. The van der Waals surface area contributed by atoms with Crippen LogP contribution in [0.5, 0.6) is 5.75 Å². The van der Waals surface area contributed by atoms with Gasteiger partial charge in [-0.25, -0.2) is 0 Å². The summed E-state index contributed by atoms with van der Waals surface area (Å²) in [6.07, 6.45) is 0. The molecular weight excluding hydrogens is 282 g/mol. The molecule has 0 spiro atoms. The fourth-order valence-corrected chi connectivity index (χ4v) is 1.94. The van der Waals surface area contributed by atoms with Gasteiger partial charge < -0.3 is 15.2 Å². The third-order valence-corrected chi connectivity index (χ3v) is 3.08. The lowest BCUT2D eigenvalue weighted by molar-refractivity contribution is -0.141. The Morgan fingerprint density at radius 2 is 1.73 bits per heavy atom. The van der Waals surface area contributed by atoms with Crippen molar-refractivity contribution in [2.24, 2.45) is 0 Å². The number of carboxylic acids is 1. The van der Waals surface area contributed by atoms with Crippen LogP contribution in [0.2, 0.25) is 0 Å². The zero-order valence-corrected chi connectivity index (χ0v) is 12.2. The maximum absolute atomic E-state index is 11.7. The summed E-state index contributed by atoms with van der Waals surface area (Å²) in [6, 6.07) is 16.1. The largest absolute Gasteiger partial charge is 0.483 e. The molecule has 2 N–H and O–H groups in total. The third-order valence-electron chi connectivity index (χ3n) is 3.08. The van der Waals surface area contributed by atoms with Gasteiger partial charge in [0.05, 0.1) is 0 Å². The van der Waals surface area contributed by atoms with Gasteiger partial charge in [-0.05, 0) is 18.6 Å². The number of para-hydroxylation sites is 1. The van der Waals surface area contributed by atoms with Crippen molar-refractivity contribution in [3.8, 4) is 16.9 Å². The van der Waals surface area contributed by atoms with Crippen molar-refractivity contribution in [1.82, 2.24) is 5.32 Å². The first kappa shape index (κ1) is 15.6. The van der Waals surface area contributed by atoms with E-state index in [2.05, 4.69) is 5.32 Å². The van der Waals surface area contributed by atoms with Gasteiger partial charge in [0.15, 0.2) is 6.61 Å². The fourth-order valence-electron chi connectivity index (χ4n) is 1.94. The number of rotatable bonds is 6. The molecule has 0 radical (unpaired) electrons. The second kappa shape index (κ2) is 7.26. The van der Waals surface area contributed by atoms with Crippen LogP contribution < -0.4 is 10.1 Å². The molecule has 0 saturated carbocycles. The minimum absolute atomic E-state index is 0.235. The molecule has 22 heavy (non-hydrogen) atoms. The van der Waals surface area contributed by atoms with Crippen LogP contribution in [0.15, 0.2) is 54.6 Å². The Bertz CT molecular complexity index is 655. The third kappa shape index (κ3) is 4.09. The van der Waals surface area contributed by atoms with Crippen molar-refractivity contribution < 1.29 is 19.4 Å². The molecule has 0 bridgehead atoms. The van der Waals surface area contributed by atoms with E-state index in [1.165, 1.54) is 6.92 Å². The molecule has 114 valence electrons. The molecule has 2 aromatic carbocycles. The summed E-state index contributed by atoms with van der Waals surface area (Å²) in [7, 11) is 0. The Kier molecular flexibility index (Phi) is 5.14. The Labute approximate surface area is 128 Å². The van der Waals surface area contributed by atoms with Crippen LogP contribution in [0.3, 0.4) is 0 Å². The van der Waals surface area contributed by atoms with E-state index in [9.17, 15) is 9.59 Å².